The van der Waals surface area contributed by atoms with E-state index in [1.807, 2.05) is 0 Å². The normalized spacial score (nSPS) is 10.6. The van der Waals surface area contributed by atoms with Crippen molar-refractivity contribution in [3.05, 3.63) is 65.5 Å². The fourth-order valence-corrected chi connectivity index (χ4v) is 2.04. The topological polar surface area (TPSA) is 78.0 Å². The van der Waals surface area contributed by atoms with Crippen molar-refractivity contribution in [1.29, 1.82) is 0 Å². The van der Waals surface area contributed by atoms with Gasteiger partial charge < -0.3 is 0 Å². The molecule has 0 fully saturated rings. The third-order valence-electron chi connectivity index (χ3n) is 2.50. The molecule has 20 heavy (non-hydrogen) atoms. The van der Waals surface area contributed by atoms with Crippen molar-refractivity contribution in [1.82, 2.24) is 9.78 Å². The number of benzene rings is 1. The SMILES string of the molecule is O=c1c(Cl)c(Cl)cnn1Cc1cc(Cl)ccc1[N+](=O)[O-]. The van der Waals surface area contributed by atoms with Gasteiger partial charge in [-0.05, 0) is 12.1 Å². The van der Waals surface area contributed by atoms with Crippen molar-refractivity contribution in [2.45, 2.75) is 6.54 Å². The summed E-state index contributed by atoms with van der Waals surface area (Å²) in [5.41, 5.74) is -0.543. The van der Waals surface area contributed by atoms with Crippen LogP contribution in [0.5, 0.6) is 0 Å². The van der Waals surface area contributed by atoms with E-state index in [9.17, 15) is 14.9 Å². The minimum atomic E-state index is -0.631. The Morgan fingerprint density at radius 1 is 1.30 bits per heavy atom. The first-order chi connectivity index (χ1) is 9.40. The quantitative estimate of drug-likeness (QED) is 0.638. The molecule has 1 aromatic carbocycles. The monoisotopic (exact) mass is 333 g/mol. The smallest absolute Gasteiger partial charge is 0.266 e. The molecule has 0 saturated carbocycles. The van der Waals surface area contributed by atoms with Crippen LogP contribution in [-0.2, 0) is 6.54 Å². The van der Waals surface area contributed by atoms with E-state index in [2.05, 4.69) is 5.10 Å². The van der Waals surface area contributed by atoms with Gasteiger partial charge in [-0.25, -0.2) is 4.68 Å². The van der Waals surface area contributed by atoms with E-state index in [0.29, 0.717) is 5.02 Å². The Kier molecular flexibility index (Phi) is 4.27. The van der Waals surface area contributed by atoms with Crippen LogP contribution in [0, 0.1) is 10.1 Å². The van der Waals surface area contributed by atoms with Crippen molar-refractivity contribution in [3.8, 4) is 0 Å². The van der Waals surface area contributed by atoms with Crippen molar-refractivity contribution >= 4 is 40.5 Å². The summed E-state index contributed by atoms with van der Waals surface area (Å²) in [6.07, 6.45) is 1.20. The molecule has 6 nitrogen and oxygen atoms in total. The van der Waals surface area contributed by atoms with Crippen LogP contribution >= 0.6 is 34.8 Å². The van der Waals surface area contributed by atoms with E-state index in [1.54, 1.807) is 0 Å². The Bertz CT molecular complexity index is 745. The molecule has 0 radical (unpaired) electrons. The number of rotatable bonds is 3. The maximum absolute atomic E-state index is 11.8. The molecule has 0 unspecified atom stereocenters. The van der Waals surface area contributed by atoms with Gasteiger partial charge in [0.1, 0.15) is 5.02 Å². The van der Waals surface area contributed by atoms with Gasteiger partial charge in [0.05, 0.1) is 28.3 Å². The molecular weight excluding hydrogens is 328 g/mol. The molecule has 0 atom stereocenters. The first-order valence-corrected chi connectivity index (χ1v) is 6.37. The molecule has 0 aliphatic heterocycles. The molecule has 0 saturated heterocycles. The maximum Gasteiger partial charge on any atom is 0.287 e. The van der Waals surface area contributed by atoms with Gasteiger partial charge in [0.25, 0.3) is 11.2 Å². The molecule has 0 bridgehead atoms. The first-order valence-electron chi connectivity index (χ1n) is 5.24. The summed E-state index contributed by atoms with van der Waals surface area (Å²) < 4.78 is 0.979. The number of hydrogen-bond donors (Lipinski definition) is 0. The highest BCUT2D eigenvalue weighted by atomic mass is 35.5. The Balaban J connectivity index is 2.50. The summed E-state index contributed by atoms with van der Waals surface area (Å²) in [5.74, 6) is 0. The van der Waals surface area contributed by atoms with Gasteiger partial charge in [-0.1, -0.05) is 34.8 Å². The average Bonchev–Trinajstić information content (AvgIpc) is 2.39. The second-order valence-corrected chi connectivity index (χ2v) is 5.02. The lowest BCUT2D eigenvalue weighted by Gasteiger charge is -2.06. The Hall–Kier alpha value is -1.63. The number of nitrogens with zero attached hydrogens (tertiary/aromatic N) is 3. The molecule has 0 amide bonds. The number of nitro benzene ring substituents is 1. The fourth-order valence-electron chi connectivity index (χ4n) is 1.58. The zero-order chi connectivity index (χ0) is 14.9. The van der Waals surface area contributed by atoms with Crippen molar-refractivity contribution in [2.24, 2.45) is 0 Å². The van der Waals surface area contributed by atoms with Crippen LogP contribution in [0.15, 0.2) is 29.2 Å². The second kappa shape index (κ2) is 5.78. The Morgan fingerprint density at radius 2 is 2.00 bits per heavy atom. The summed E-state index contributed by atoms with van der Waals surface area (Å²) in [5, 5.41) is 14.9. The number of aromatic nitrogens is 2. The highest BCUT2D eigenvalue weighted by molar-refractivity contribution is 6.41. The zero-order valence-electron chi connectivity index (χ0n) is 9.72. The van der Waals surface area contributed by atoms with Crippen LogP contribution in [0.4, 0.5) is 5.69 Å². The number of halogens is 3. The first kappa shape index (κ1) is 14.8. The largest absolute Gasteiger partial charge is 0.287 e. The minimum Gasteiger partial charge on any atom is -0.266 e. The van der Waals surface area contributed by atoms with Gasteiger partial charge in [0, 0.05) is 11.1 Å². The molecular formula is C11H6Cl3N3O3. The maximum atomic E-state index is 11.8. The van der Waals surface area contributed by atoms with Gasteiger partial charge >= 0.3 is 0 Å². The standard InChI is InChI=1S/C11H6Cl3N3O3/c12-7-1-2-9(17(19)20)6(3-7)5-16-11(18)10(14)8(13)4-15-16/h1-4H,5H2. The van der Waals surface area contributed by atoms with E-state index in [1.165, 1.54) is 24.4 Å². The van der Waals surface area contributed by atoms with E-state index in [4.69, 9.17) is 34.8 Å². The summed E-state index contributed by atoms with van der Waals surface area (Å²) >= 11 is 17.2. The predicted molar refractivity (Wildman–Crippen MR) is 75.7 cm³/mol. The lowest BCUT2D eigenvalue weighted by Crippen LogP contribution is -2.24. The molecule has 9 heteroatoms. The molecule has 1 heterocycles. The minimum absolute atomic E-state index is 0.0218. The van der Waals surface area contributed by atoms with Crippen LogP contribution in [0.3, 0.4) is 0 Å². The molecule has 2 rings (SSSR count). The van der Waals surface area contributed by atoms with Gasteiger partial charge in [-0.2, -0.15) is 5.10 Å². The van der Waals surface area contributed by atoms with E-state index < -0.39 is 10.5 Å². The molecule has 104 valence electrons. The highest BCUT2D eigenvalue weighted by Gasteiger charge is 2.16. The molecule has 0 spiro atoms. The van der Waals surface area contributed by atoms with Gasteiger partial charge in [0.15, 0.2) is 0 Å². The second-order valence-electron chi connectivity index (χ2n) is 3.80. The Labute approximate surface area is 127 Å². The van der Waals surface area contributed by atoms with Gasteiger partial charge in [-0.15, -0.1) is 0 Å². The molecule has 0 N–H and O–H groups in total. The highest BCUT2D eigenvalue weighted by Crippen LogP contribution is 2.23. The Morgan fingerprint density at radius 3 is 2.65 bits per heavy atom. The number of hydrogen-bond acceptors (Lipinski definition) is 4. The summed E-state index contributed by atoms with van der Waals surface area (Å²) in [7, 11) is 0. The molecule has 0 aliphatic carbocycles. The fraction of sp³-hybridized carbons (Fsp3) is 0.0909. The molecule has 0 aliphatic rings. The van der Waals surface area contributed by atoms with E-state index in [0.717, 1.165) is 4.68 Å². The van der Waals surface area contributed by atoms with Crippen molar-refractivity contribution in [3.63, 3.8) is 0 Å². The summed E-state index contributed by atoms with van der Waals surface area (Å²) in [4.78, 5) is 22.2. The van der Waals surface area contributed by atoms with Crippen molar-refractivity contribution < 1.29 is 4.92 Å². The van der Waals surface area contributed by atoms with Crippen LogP contribution in [0.2, 0.25) is 15.1 Å². The van der Waals surface area contributed by atoms with Crippen LogP contribution in [0.1, 0.15) is 5.56 Å². The summed E-state index contributed by atoms with van der Waals surface area (Å²) in [6.45, 7) is -0.132. The lowest BCUT2D eigenvalue weighted by molar-refractivity contribution is -0.385. The lowest BCUT2D eigenvalue weighted by atomic mass is 10.2. The van der Waals surface area contributed by atoms with Crippen LogP contribution in [-0.4, -0.2) is 14.7 Å². The van der Waals surface area contributed by atoms with E-state index >= 15 is 0 Å². The van der Waals surface area contributed by atoms with Gasteiger partial charge in [-0.3, -0.25) is 14.9 Å². The van der Waals surface area contributed by atoms with Crippen LogP contribution < -0.4 is 5.56 Å². The predicted octanol–water partition coefficient (Wildman–Crippen LogP) is 3.16. The van der Waals surface area contributed by atoms with Gasteiger partial charge in [0.2, 0.25) is 0 Å². The van der Waals surface area contributed by atoms with E-state index in [-0.39, 0.29) is 27.8 Å². The van der Waals surface area contributed by atoms with Crippen LogP contribution in [0.25, 0.3) is 0 Å². The summed E-state index contributed by atoms with van der Waals surface area (Å²) in [6, 6.07) is 4.06. The average molecular weight is 335 g/mol. The molecule has 2 aromatic rings. The number of nitro groups is 1. The zero-order valence-corrected chi connectivity index (χ0v) is 12.0. The molecule has 1 aromatic heterocycles. The van der Waals surface area contributed by atoms with Crippen molar-refractivity contribution in [2.75, 3.05) is 0 Å². The third-order valence-corrected chi connectivity index (χ3v) is 3.48. The third kappa shape index (κ3) is 2.92.